The van der Waals surface area contributed by atoms with Gasteiger partial charge in [-0.25, -0.2) is 10.8 Å². The summed E-state index contributed by atoms with van der Waals surface area (Å²) >= 11 is 0. The molecule has 0 unspecified atom stereocenters. The number of anilines is 1. The summed E-state index contributed by atoms with van der Waals surface area (Å²) in [6, 6.07) is 3.90. The number of hydrogen-bond donors (Lipinski definition) is 3. The molecule has 96 valence electrons. The van der Waals surface area contributed by atoms with Crippen LogP contribution in [0.15, 0.2) is 18.3 Å². The fourth-order valence-electron chi connectivity index (χ4n) is 1.70. The van der Waals surface area contributed by atoms with Crippen LogP contribution in [0.1, 0.15) is 25.3 Å². The molecule has 0 amide bonds. The first kappa shape index (κ1) is 13.9. The Morgan fingerprint density at radius 1 is 1.47 bits per heavy atom. The van der Waals surface area contributed by atoms with Crippen LogP contribution in [0.3, 0.4) is 0 Å². The smallest absolute Gasteiger partial charge is 0.140 e. The molecule has 0 aromatic carbocycles. The Kier molecular flexibility index (Phi) is 6.54. The van der Waals surface area contributed by atoms with E-state index in [9.17, 15) is 0 Å². The van der Waals surface area contributed by atoms with Crippen molar-refractivity contribution in [3.05, 3.63) is 23.9 Å². The predicted molar refractivity (Wildman–Crippen MR) is 69.3 cm³/mol. The minimum absolute atomic E-state index is 0.191. The van der Waals surface area contributed by atoms with Gasteiger partial charge in [-0.05, 0) is 30.7 Å². The number of nitrogens with zero attached hydrogens (tertiary/aromatic N) is 2. The fraction of sp³-hybridized carbons (Fsp3) is 0.583. The third-order valence-corrected chi connectivity index (χ3v) is 2.62. The molecule has 0 aliphatic heterocycles. The summed E-state index contributed by atoms with van der Waals surface area (Å²) in [6.07, 6.45) is 4.04. The molecule has 0 saturated heterocycles. The van der Waals surface area contributed by atoms with Gasteiger partial charge in [-0.2, -0.15) is 0 Å². The third kappa shape index (κ3) is 5.12. The van der Waals surface area contributed by atoms with Gasteiger partial charge in [0.15, 0.2) is 0 Å². The van der Waals surface area contributed by atoms with Crippen molar-refractivity contribution < 1.29 is 5.11 Å². The largest absolute Gasteiger partial charge is 0.395 e. The number of unbranched alkanes of at least 4 members (excludes halogenated alkanes) is 1. The first-order valence-electron chi connectivity index (χ1n) is 6.05. The van der Waals surface area contributed by atoms with Gasteiger partial charge in [0.1, 0.15) is 5.82 Å². The van der Waals surface area contributed by atoms with Crippen molar-refractivity contribution in [1.82, 2.24) is 9.88 Å². The Morgan fingerprint density at radius 2 is 2.29 bits per heavy atom. The number of aliphatic hydroxyl groups is 1. The first-order chi connectivity index (χ1) is 8.30. The van der Waals surface area contributed by atoms with Gasteiger partial charge in [-0.1, -0.05) is 13.3 Å². The maximum Gasteiger partial charge on any atom is 0.140 e. The summed E-state index contributed by atoms with van der Waals surface area (Å²) in [5.74, 6) is 5.99. The van der Waals surface area contributed by atoms with E-state index in [1.165, 1.54) is 0 Å². The molecular formula is C12H22N4O. The van der Waals surface area contributed by atoms with Crippen molar-refractivity contribution in [2.24, 2.45) is 5.84 Å². The Hall–Kier alpha value is -1.17. The molecule has 1 aromatic heterocycles. The van der Waals surface area contributed by atoms with Gasteiger partial charge in [-0.3, -0.25) is 4.90 Å². The molecule has 0 atom stereocenters. The quantitative estimate of drug-likeness (QED) is 0.465. The molecule has 0 aliphatic rings. The van der Waals surface area contributed by atoms with Crippen LogP contribution in [0.4, 0.5) is 5.82 Å². The molecule has 0 bridgehead atoms. The number of pyridine rings is 1. The lowest BCUT2D eigenvalue weighted by molar-refractivity contribution is 0.188. The summed E-state index contributed by atoms with van der Waals surface area (Å²) in [5, 5.41) is 9.03. The summed E-state index contributed by atoms with van der Waals surface area (Å²) in [6.45, 7) is 4.88. The number of nitrogens with two attached hydrogens (primary N) is 1. The van der Waals surface area contributed by atoms with Gasteiger partial charge >= 0.3 is 0 Å². The number of nitrogen functional groups attached to an aromatic ring is 1. The Balaban J connectivity index is 2.57. The lowest BCUT2D eigenvalue weighted by atomic mass is 10.2. The van der Waals surface area contributed by atoms with Crippen LogP contribution in [0.25, 0.3) is 0 Å². The Bertz CT molecular complexity index is 319. The first-order valence-corrected chi connectivity index (χ1v) is 6.05. The SMILES string of the molecule is CCCCN(CCO)Cc1ccnc(NN)c1. The van der Waals surface area contributed by atoms with Gasteiger partial charge < -0.3 is 10.5 Å². The Morgan fingerprint density at radius 3 is 2.94 bits per heavy atom. The van der Waals surface area contributed by atoms with Crippen molar-refractivity contribution in [3.63, 3.8) is 0 Å². The van der Waals surface area contributed by atoms with E-state index in [-0.39, 0.29) is 6.61 Å². The van der Waals surface area contributed by atoms with E-state index >= 15 is 0 Å². The van der Waals surface area contributed by atoms with Crippen molar-refractivity contribution in [1.29, 1.82) is 0 Å². The van der Waals surface area contributed by atoms with Gasteiger partial charge in [-0.15, -0.1) is 0 Å². The van der Waals surface area contributed by atoms with Crippen LogP contribution in [0.2, 0.25) is 0 Å². The van der Waals surface area contributed by atoms with E-state index in [4.69, 9.17) is 10.9 Å². The Labute approximate surface area is 103 Å². The van der Waals surface area contributed by atoms with Crippen LogP contribution in [0.5, 0.6) is 0 Å². The number of rotatable bonds is 8. The van der Waals surface area contributed by atoms with E-state index in [1.807, 2.05) is 12.1 Å². The van der Waals surface area contributed by atoms with Crippen molar-refractivity contribution in [3.8, 4) is 0 Å². The lowest BCUT2D eigenvalue weighted by Gasteiger charge is -2.21. The summed E-state index contributed by atoms with van der Waals surface area (Å²) < 4.78 is 0. The standard InChI is InChI=1S/C12H22N4O/c1-2-3-6-16(7-8-17)10-11-4-5-14-12(9-11)15-13/h4-5,9,17H,2-3,6-8,10,13H2,1H3,(H,14,15). The highest BCUT2D eigenvalue weighted by Crippen LogP contribution is 2.09. The maximum atomic E-state index is 9.03. The number of hydrogen-bond acceptors (Lipinski definition) is 5. The average molecular weight is 238 g/mol. The number of aromatic nitrogens is 1. The van der Waals surface area contributed by atoms with Gasteiger partial charge in [0, 0.05) is 19.3 Å². The lowest BCUT2D eigenvalue weighted by Crippen LogP contribution is -2.27. The molecule has 5 heteroatoms. The molecule has 1 heterocycles. The van der Waals surface area contributed by atoms with E-state index < -0.39 is 0 Å². The van der Waals surface area contributed by atoms with E-state index in [2.05, 4.69) is 22.2 Å². The zero-order chi connectivity index (χ0) is 12.5. The highest BCUT2D eigenvalue weighted by molar-refractivity contribution is 5.35. The van der Waals surface area contributed by atoms with Gasteiger partial charge in [0.25, 0.3) is 0 Å². The summed E-state index contributed by atoms with van der Waals surface area (Å²) in [4.78, 5) is 6.30. The molecule has 5 nitrogen and oxygen atoms in total. The highest BCUT2D eigenvalue weighted by atomic mass is 16.3. The normalized spacial score (nSPS) is 10.8. The van der Waals surface area contributed by atoms with Crippen LogP contribution in [0, 0.1) is 0 Å². The minimum Gasteiger partial charge on any atom is -0.395 e. The maximum absolute atomic E-state index is 9.03. The van der Waals surface area contributed by atoms with E-state index in [0.717, 1.165) is 31.5 Å². The molecule has 1 rings (SSSR count). The number of aliphatic hydroxyl groups excluding tert-OH is 1. The van der Waals surface area contributed by atoms with E-state index in [1.54, 1.807) is 6.20 Å². The van der Waals surface area contributed by atoms with Crippen molar-refractivity contribution in [2.45, 2.75) is 26.3 Å². The zero-order valence-corrected chi connectivity index (χ0v) is 10.4. The molecule has 17 heavy (non-hydrogen) atoms. The van der Waals surface area contributed by atoms with E-state index in [0.29, 0.717) is 12.4 Å². The second kappa shape index (κ2) is 8.00. The third-order valence-electron chi connectivity index (χ3n) is 2.62. The molecule has 0 aliphatic carbocycles. The highest BCUT2D eigenvalue weighted by Gasteiger charge is 2.05. The minimum atomic E-state index is 0.191. The van der Waals surface area contributed by atoms with Gasteiger partial charge in [0.2, 0.25) is 0 Å². The molecule has 0 fully saturated rings. The topological polar surface area (TPSA) is 74.4 Å². The summed E-state index contributed by atoms with van der Waals surface area (Å²) in [5.41, 5.74) is 3.69. The monoisotopic (exact) mass is 238 g/mol. The van der Waals surface area contributed by atoms with Crippen molar-refractivity contribution >= 4 is 5.82 Å². The van der Waals surface area contributed by atoms with Gasteiger partial charge in [0.05, 0.1) is 6.61 Å². The summed E-state index contributed by atoms with van der Waals surface area (Å²) in [7, 11) is 0. The van der Waals surface area contributed by atoms with Crippen LogP contribution < -0.4 is 11.3 Å². The van der Waals surface area contributed by atoms with Crippen LogP contribution in [-0.4, -0.2) is 34.7 Å². The number of nitrogens with one attached hydrogen (secondary N) is 1. The molecule has 0 radical (unpaired) electrons. The second-order valence-electron chi connectivity index (χ2n) is 4.05. The second-order valence-corrected chi connectivity index (χ2v) is 4.05. The molecular weight excluding hydrogens is 216 g/mol. The average Bonchev–Trinajstić information content (AvgIpc) is 2.36. The molecule has 4 N–H and O–H groups in total. The number of hydrazine groups is 1. The van der Waals surface area contributed by atoms with Crippen LogP contribution >= 0.6 is 0 Å². The molecule has 1 aromatic rings. The van der Waals surface area contributed by atoms with Crippen molar-refractivity contribution in [2.75, 3.05) is 25.1 Å². The molecule has 0 saturated carbocycles. The van der Waals surface area contributed by atoms with Crippen LogP contribution in [-0.2, 0) is 6.54 Å². The fourth-order valence-corrected chi connectivity index (χ4v) is 1.70. The molecule has 0 spiro atoms. The zero-order valence-electron chi connectivity index (χ0n) is 10.4. The predicted octanol–water partition coefficient (Wildman–Crippen LogP) is 0.962.